The van der Waals surface area contributed by atoms with E-state index in [-0.39, 0.29) is 11.8 Å². The van der Waals surface area contributed by atoms with Crippen LogP contribution in [0.25, 0.3) is 5.65 Å². The van der Waals surface area contributed by atoms with Gasteiger partial charge in [-0.05, 0) is 42.2 Å². The Labute approximate surface area is 135 Å². The highest BCUT2D eigenvalue weighted by molar-refractivity contribution is 9.10. The van der Waals surface area contributed by atoms with Gasteiger partial charge in [0.1, 0.15) is 0 Å². The molecule has 1 amide bonds. The standard InChI is InChI=1S/C16H13BrN4O/c17-11-6-4-10(5-7-11)12-9-13(12)15(22)18-16-20-19-14-3-1-2-8-21(14)16/h1-8,12-13H,9H2,(H,18,20,22)/t12-,13+/m0/s1. The van der Waals surface area contributed by atoms with Gasteiger partial charge in [0.15, 0.2) is 5.65 Å². The first kappa shape index (κ1) is 13.5. The number of aromatic nitrogens is 3. The maximum Gasteiger partial charge on any atom is 0.235 e. The van der Waals surface area contributed by atoms with E-state index < -0.39 is 0 Å². The van der Waals surface area contributed by atoms with Crippen molar-refractivity contribution in [3.8, 4) is 0 Å². The Bertz CT molecular complexity index is 843. The first-order valence-electron chi connectivity index (χ1n) is 7.08. The number of nitrogens with one attached hydrogen (secondary N) is 1. The number of halogens is 1. The number of benzene rings is 1. The van der Waals surface area contributed by atoms with E-state index in [0.29, 0.717) is 11.9 Å². The molecule has 1 N–H and O–H groups in total. The molecule has 2 heterocycles. The number of fused-ring (bicyclic) bond motifs is 1. The normalized spacial score (nSPS) is 20.0. The SMILES string of the molecule is O=C(Nc1nnc2ccccn12)[C@@H]1C[C@H]1c1ccc(Br)cc1. The number of hydrogen-bond donors (Lipinski definition) is 1. The van der Waals surface area contributed by atoms with Crippen molar-refractivity contribution >= 4 is 33.4 Å². The first-order chi connectivity index (χ1) is 10.7. The molecular formula is C16H13BrN4O. The van der Waals surface area contributed by atoms with Gasteiger partial charge in [-0.15, -0.1) is 10.2 Å². The second kappa shape index (κ2) is 5.21. The zero-order chi connectivity index (χ0) is 15.1. The maximum absolute atomic E-state index is 12.4. The summed E-state index contributed by atoms with van der Waals surface area (Å²) in [5.74, 6) is 0.789. The van der Waals surface area contributed by atoms with Crippen molar-refractivity contribution in [1.82, 2.24) is 14.6 Å². The summed E-state index contributed by atoms with van der Waals surface area (Å²) in [4.78, 5) is 12.4. The molecule has 0 spiro atoms. The quantitative estimate of drug-likeness (QED) is 0.783. The third-order valence-corrected chi connectivity index (χ3v) is 4.50. The highest BCUT2D eigenvalue weighted by Crippen LogP contribution is 2.48. The summed E-state index contributed by atoms with van der Waals surface area (Å²) in [5, 5.41) is 10.9. The molecule has 4 rings (SSSR count). The van der Waals surface area contributed by atoms with Crippen molar-refractivity contribution in [3.05, 3.63) is 58.7 Å². The Balaban J connectivity index is 1.48. The molecule has 1 aliphatic carbocycles. The Morgan fingerprint density at radius 1 is 1.18 bits per heavy atom. The van der Waals surface area contributed by atoms with E-state index in [2.05, 4.69) is 43.6 Å². The molecule has 1 fully saturated rings. The predicted octanol–water partition coefficient (Wildman–Crippen LogP) is 3.23. The van der Waals surface area contributed by atoms with Gasteiger partial charge in [0, 0.05) is 16.6 Å². The fourth-order valence-corrected chi connectivity index (χ4v) is 2.96. The fourth-order valence-electron chi connectivity index (χ4n) is 2.69. The van der Waals surface area contributed by atoms with Crippen molar-refractivity contribution in [2.24, 2.45) is 5.92 Å². The van der Waals surface area contributed by atoms with Crippen LogP contribution in [-0.4, -0.2) is 20.5 Å². The highest BCUT2D eigenvalue weighted by atomic mass is 79.9. The summed E-state index contributed by atoms with van der Waals surface area (Å²) in [5.41, 5.74) is 1.92. The molecule has 5 nitrogen and oxygen atoms in total. The van der Waals surface area contributed by atoms with Gasteiger partial charge in [-0.25, -0.2) is 0 Å². The summed E-state index contributed by atoms with van der Waals surface area (Å²) in [6.45, 7) is 0. The monoisotopic (exact) mass is 356 g/mol. The van der Waals surface area contributed by atoms with Crippen LogP contribution >= 0.6 is 15.9 Å². The molecule has 1 aliphatic rings. The zero-order valence-corrected chi connectivity index (χ0v) is 13.2. The third-order valence-electron chi connectivity index (χ3n) is 3.97. The van der Waals surface area contributed by atoms with Crippen LogP contribution in [0.5, 0.6) is 0 Å². The van der Waals surface area contributed by atoms with Crippen LogP contribution in [0, 0.1) is 5.92 Å². The lowest BCUT2D eigenvalue weighted by atomic mass is 10.1. The number of carbonyl (C=O) groups is 1. The average Bonchev–Trinajstić information content (AvgIpc) is 3.24. The Morgan fingerprint density at radius 2 is 2.00 bits per heavy atom. The van der Waals surface area contributed by atoms with E-state index >= 15 is 0 Å². The Morgan fingerprint density at radius 3 is 2.82 bits per heavy atom. The smallest absolute Gasteiger partial charge is 0.235 e. The van der Waals surface area contributed by atoms with Crippen LogP contribution in [0.2, 0.25) is 0 Å². The molecule has 1 aromatic carbocycles. The van der Waals surface area contributed by atoms with Crippen LogP contribution in [0.3, 0.4) is 0 Å². The lowest BCUT2D eigenvalue weighted by molar-refractivity contribution is -0.117. The van der Waals surface area contributed by atoms with Gasteiger partial charge in [-0.2, -0.15) is 0 Å². The summed E-state index contributed by atoms with van der Waals surface area (Å²) >= 11 is 3.42. The Kier molecular flexibility index (Phi) is 3.18. The minimum absolute atomic E-state index is 0.00562. The fraction of sp³-hybridized carbons (Fsp3) is 0.188. The number of hydrogen-bond acceptors (Lipinski definition) is 3. The number of amides is 1. The van der Waals surface area contributed by atoms with Crippen molar-refractivity contribution in [1.29, 1.82) is 0 Å². The summed E-state index contributed by atoms with van der Waals surface area (Å²) in [6.07, 6.45) is 2.72. The van der Waals surface area contributed by atoms with Gasteiger partial charge < -0.3 is 0 Å². The lowest BCUT2D eigenvalue weighted by Gasteiger charge is -2.03. The first-order valence-corrected chi connectivity index (χ1v) is 7.88. The minimum Gasteiger partial charge on any atom is -0.294 e. The van der Waals surface area contributed by atoms with Crippen LogP contribution < -0.4 is 5.32 Å². The molecule has 110 valence electrons. The number of rotatable bonds is 3. The van der Waals surface area contributed by atoms with Gasteiger partial charge in [0.25, 0.3) is 0 Å². The van der Waals surface area contributed by atoms with Crippen molar-refractivity contribution in [3.63, 3.8) is 0 Å². The van der Waals surface area contributed by atoms with Gasteiger partial charge in [0.05, 0.1) is 0 Å². The van der Waals surface area contributed by atoms with Crippen LogP contribution in [0.1, 0.15) is 17.9 Å². The number of nitrogens with zero attached hydrogens (tertiary/aromatic N) is 3. The van der Waals surface area contributed by atoms with Gasteiger partial charge in [-0.1, -0.05) is 34.1 Å². The molecule has 2 aromatic heterocycles. The van der Waals surface area contributed by atoms with E-state index in [4.69, 9.17) is 0 Å². The molecule has 3 aromatic rings. The van der Waals surface area contributed by atoms with Crippen molar-refractivity contribution < 1.29 is 4.79 Å². The van der Waals surface area contributed by atoms with Crippen molar-refractivity contribution in [2.75, 3.05) is 5.32 Å². The summed E-state index contributed by atoms with van der Waals surface area (Å²) < 4.78 is 2.82. The summed E-state index contributed by atoms with van der Waals surface area (Å²) in [6, 6.07) is 13.8. The van der Waals surface area contributed by atoms with E-state index in [9.17, 15) is 4.79 Å². The van der Waals surface area contributed by atoms with E-state index in [1.165, 1.54) is 5.56 Å². The predicted molar refractivity (Wildman–Crippen MR) is 86.6 cm³/mol. The molecule has 0 radical (unpaired) electrons. The van der Waals surface area contributed by atoms with Gasteiger partial charge in [-0.3, -0.25) is 14.5 Å². The molecule has 0 bridgehead atoms. The molecule has 0 saturated heterocycles. The largest absolute Gasteiger partial charge is 0.294 e. The minimum atomic E-state index is 0.00562. The highest BCUT2D eigenvalue weighted by Gasteiger charge is 2.44. The van der Waals surface area contributed by atoms with Gasteiger partial charge in [0.2, 0.25) is 11.9 Å². The van der Waals surface area contributed by atoms with Crippen LogP contribution in [0.15, 0.2) is 53.1 Å². The molecular weight excluding hydrogens is 344 g/mol. The van der Waals surface area contributed by atoms with E-state index in [1.807, 2.05) is 36.5 Å². The van der Waals surface area contributed by atoms with Crippen LogP contribution in [-0.2, 0) is 4.79 Å². The van der Waals surface area contributed by atoms with E-state index in [0.717, 1.165) is 16.5 Å². The average molecular weight is 357 g/mol. The maximum atomic E-state index is 12.4. The number of carbonyl (C=O) groups excluding carboxylic acids is 1. The molecule has 0 aliphatic heterocycles. The molecule has 6 heteroatoms. The molecule has 1 saturated carbocycles. The zero-order valence-electron chi connectivity index (χ0n) is 11.6. The second-order valence-corrected chi connectivity index (χ2v) is 6.36. The molecule has 0 unspecified atom stereocenters. The van der Waals surface area contributed by atoms with Crippen molar-refractivity contribution in [2.45, 2.75) is 12.3 Å². The number of anilines is 1. The topological polar surface area (TPSA) is 59.3 Å². The molecule has 2 atom stereocenters. The number of pyridine rings is 1. The second-order valence-electron chi connectivity index (χ2n) is 5.44. The van der Waals surface area contributed by atoms with Gasteiger partial charge >= 0.3 is 0 Å². The lowest BCUT2D eigenvalue weighted by Crippen LogP contribution is -2.16. The third kappa shape index (κ3) is 2.39. The molecule has 22 heavy (non-hydrogen) atoms. The van der Waals surface area contributed by atoms with Crippen LogP contribution in [0.4, 0.5) is 5.95 Å². The van der Waals surface area contributed by atoms with E-state index in [1.54, 1.807) is 4.40 Å². The summed E-state index contributed by atoms with van der Waals surface area (Å²) in [7, 11) is 0. The Hall–Kier alpha value is -2.21.